The lowest BCUT2D eigenvalue weighted by atomic mass is 10.0. The quantitative estimate of drug-likeness (QED) is 0.810. The topological polar surface area (TPSA) is 56.5 Å². The minimum absolute atomic E-state index is 0.0269. The summed E-state index contributed by atoms with van der Waals surface area (Å²) in [6.45, 7) is 6.34. The van der Waals surface area contributed by atoms with Crippen LogP contribution in [0, 0.1) is 5.92 Å². The molecule has 4 nitrogen and oxygen atoms in total. The fraction of sp³-hybridized carbons (Fsp3) is 0.444. The van der Waals surface area contributed by atoms with E-state index in [1.165, 1.54) is 6.07 Å². The predicted molar refractivity (Wildman–Crippen MR) is 84.1 cm³/mol. The van der Waals surface area contributed by atoms with E-state index in [1.54, 1.807) is 6.92 Å². The second kappa shape index (κ2) is 5.59. The first kappa shape index (κ1) is 14.8. The molecule has 1 aromatic heterocycles. The standard InChI is InChI=1S/C18H20O4/c1-4-21-18(20)13-8-12(13)17-9-15(19)14-7-11(10(2)3)5-6-16(14)22-17/h5-7,9-10,12-13H,4,8H2,1-3H3. The van der Waals surface area contributed by atoms with Crippen LogP contribution in [-0.4, -0.2) is 12.6 Å². The lowest BCUT2D eigenvalue weighted by Gasteiger charge is -2.07. The summed E-state index contributed by atoms with van der Waals surface area (Å²) in [5.74, 6) is 0.551. The van der Waals surface area contributed by atoms with Gasteiger partial charge in [0.2, 0.25) is 0 Å². The Morgan fingerprint density at radius 1 is 1.36 bits per heavy atom. The van der Waals surface area contributed by atoms with E-state index < -0.39 is 0 Å². The van der Waals surface area contributed by atoms with Gasteiger partial charge in [0.15, 0.2) is 5.43 Å². The molecular weight excluding hydrogens is 280 g/mol. The predicted octanol–water partition coefficient (Wildman–Crippen LogP) is 3.58. The Morgan fingerprint density at radius 3 is 2.82 bits per heavy atom. The molecule has 0 spiro atoms. The van der Waals surface area contributed by atoms with Gasteiger partial charge in [-0.2, -0.15) is 0 Å². The lowest BCUT2D eigenvalue weighted by Crippen LogP contribution is -2.08. The van der Waals surface area contributed by atoms with Crippen LogP contribution in [0.15, 0.2) is 33.5 Å². The third kappa shape index (κ3) is 2.65. The lowest BCUT2D eigenvalue weighted by molar-refractivity contribution is -0.144. The molecule has 2 unspecified atom stereocenters. The highest BCUT2D eigenvalue weighted by Crippen LogP contribution is 2.48. The zero-order valence-corrected chi connectivity index (χ0v) is 13.1. The van der Waals surface area contributed by atoms with Crippen LogP contribution in [0.3, 0.4) is 0 Å². The number of rotatable bonds is 4. The van der Waals surface area contributed by atoms with E-state index in [4.69, 9.17) is 9.15 Å². The molecule has 0 N–H and O–H groups in total. The van der Waals surface area contributed by atoms with Crippen molar-refractivity contribution in [3.8, 4) is 0 Å². The van der Waals surface area contributed by atoms with Crippen LogP contribution in [0.25, 0.3) is 11.0 Å². The van der Waals surface area contributed by atoms with Crippen LogP contribution in [0.1, 0.15) is 50.4 Å². The Kier molecular flexibility index (Phi) is 3.77. The van der Waals surface area contributed by atoms with Gasteiger partial charge in [-0.05, 0) is 37.0 Å². The molecule has 0 radical (unpaired) electrons. The van der Waals surface area contributed by atoms with Crippen molar-refractivity contribution in [1.29, 1.82) is 0 Å². The first-order chi connectivity index (χ1) is 10.5. The highest BCUT2D eigenvalue weighted by Gasteiger charge is 2.47. The minimum Gasteiger partial charge on any atom is -0.466 e. The third-order valence-corrected chi connectivity index (χ3v) is 4.18. The van der Waals surface area contributed by atoms with Crippen LogP contribution in [0.5, 0.6) is 0 Å². The molecule has 0 bridgehead atoms. The van der Waals surface area contributed by atoms with Gasteiger partial charge < -0.3 is 9.15 Å². The monoisotopic (exact) mass is 300 g/mol. The van der Waals surface area contributed by atoms with Crippen molar-refractivity contribution in [3.63, 3.8) is 0 Å². The Hall–Kier alpha value is -2.10. The number of ether oxygens (including phenoxy) is 1. The minimum atomic E-state index is -0.203. The van der Waals surface area contributed by atoms with Crippen LogP contribution in [-0.2, 0) is 9.53 Å². The summed E-state index contributed by atoms with van der Waals surface area (Å²) in [7, 11) is 0. The highest BCUT2D eigenvalue weighted by atomic mass is 16.5. The first-order valence-electron chi connectivity index (χ1n) is 7.75. The molecular formula is C18H20O4. The largest absolute Gasteiger partial charge is 0.466 e. The number of carbonyl (C=O) groups is 1. The van der Waals surface area contributed by atoms with Gasteiger partial charge in [0.05, 0.1) is 17.9 Å². The molecule has 0 saturated heterocycles. The van der Waals surface area contributed by atoms with Crippen LogP contribution in [0.2, 0.25) is 0 Å². The van der Waals surface area contributed by atoms with E-state index in [1.807, 2.05) is 18.2 Å². The van der Waals surface area contributed by atoms with E-state index in [9.17, 15) is 9.59 Å². The summed E-state index contributed by atoms with van der Waals surface area (Å²) in [6, 6.07) is 7.24. The molecule has 1 aliphatic rings. The number of carbonyl (C=O) groups excluding carboxylic acids is 1. The fourth-order valence-electron chi connectivity index (χ4n) is 2.75. The second-order valence-corrected chi connectivity index (χ2v) is 6.12. The Bertz CT molecular complexity index is 772. The number of hydrogen-bond donors (Lipinski definition) is 0. The molecule has 0 amide bonds. The summed E-state index contributed by atoms with van der Waals surface area (Å²) in [6.07, 6.45) is 0.692. The van der Waals surface area contributed by atoms with Gasteiger partial charge in [-0.3, -0.25) is 9.59 Å². The molecule has 1 heterocycles. The maximum absolute atomic E-state index is 12.3. The summed E-state index contributed by atoms with van der Waals surface area (Å²) in [5.41, 5.74) is 1.65. The van der Waals surface area contributed by atoms with Crippen molar-refractivity contribution in [1.82, 2.24) is 0 Å². The zero-order chi connectivity index (χ0) is 15.9. The van der Waals surface area contributed by atoms with Crippen molar-refractivity contribution in [2.75, 3.05) is 6.61 Å². The van der Waals surface area contributed by atoms with Crippen LogP contribution >= 0.6 is 0 Å². The van der Waals surface area contributed by atoms with Crippen LogP contribution < -0.4 is 5.43 Å². The smallest absolute Gasteiger partial charge is 0.309 e. The van der Waals surface area contributed by atoms with Gasteiger partial charge in [-0.15, -0.1) is 0 Å². The number of esters is 1. The van der Waals surface area contributed by atoms with E-state index in [2.05, 4.69) is 13.8 Å². The molecule has 1 fully saturated rings. The highest BCUT2D eigenvalue weighted by molar-refractivity contribution is 5.79. The number of benzene rings is 1. The second-order valence-electron chi connectivity index (χ2n) is 6.12. The maximum atomic E-state index is 12.3. The summed E-state index contributed by atoms with van der Waals surface area (Å²) >= 11 is 0. The van der Waals surface area contributed by atoms with Crippen molar-refractivity contribution >= 4 is 16.9 Å². The molecule has 2 atom stereocenters. The van der Waals surface area contributed by atoms with Gasteiger partial charge >= 0.3 is 5.97 Å². The summed E-state index contributed by atoms with van der Waals surface area (Å²) < 4.78 is 10.9. The third-order valence-electron chi connectivity index (χ3n) is 4.18. The van der Waals surface area contributed by atoms with E-state index in [0.717, 1.165) is 5.56 Å². The van der Waals surface area contributed by atoms with Gasteiger partial charge in [0, 0.05) is 12.0 Å². The summed E-state index contributed by atoms with van der Waals surface area (Å²) in [5, 5.41) is 0.600. The van der Waals surface area contributed by atoms with Gasteiger partial charge in [-0.25, -0.2) is 0 Å². The number of hydrogen-bond acceptors (Lipinski definition) is 4. The van der Waals surface area contributed by atoms with Gasteiger partial charge in [-0.1, -0.05) is 19.9 Å². The SMILES string of the molecule is CCOC(=O)C1CC1c1cc(=O)c2cc(C(C)C)ccc2o1. The molecule has 3 rings (SSSR count). The first-order valence-corrected chi connectivity index (χ1v) is 7.75. The fourth-order valence-corrected chi connectivity index (χ4v) is 2.75. The molecule has 1 saturated carbocycles. The van der Waals surface area contributed by atoms with Crippen molar-refractivity contribution in [2.24, 2.45) is 5.92 Å². The van der Waals surface area contributed by atoms with E-state index in [-0.39, 0.29) is 23.2 Å². The number of fused-ring (bicyclic) bond motifs is 1. The molecule has 1 aromatic carbocycles. The molecule has 0 aliphatic heterocycles. The van der Waals surface area contributed by atoms with Crippen molar-refractivity contribution < 1.29 is 13.9 Å². The molecule has 4 heteroatoms. The Balaban J connectivity index is 1.93. The normalized spacial score (nSPS) is 20.4. The molecule has 22 heavy (non-hydrogen) atoms. The van der Waals surface area contributed by atoms with Gasteiger partial charge in [0.25, 0.3) is 0 Å². The molecule has 116 valence electrons. The molecule has 1 aliphatic carbocycles. The zero-order valence-electron chi connectivity index (χ0n) is 13.1. The average molecular weight is 300 g/mol. The van der Waals surface area contributed by atoms with Gasteiger partial charge in [0.1, 0.15) is 11.3 Å². The maximum Gasteiger partial charge on any atom is 0.309 e. The van der Waals surface area contributed by atoms with Crippen LogP contribution in [0.4, 0.5) is 0 Å². The molecule has 2 aromatic rings. The van der Waals surface area contributed by atoms with Crippen molar-refractivity contribution in [2.45, 2.75) is 39.0 Å². The Morgan fingerprint density at radius 2 is 2.14 bits per heavy atom. The summed E-state index contributed by atoms with van der Waals surface area (Å²) in [4.78, 5) is 24.0. The van der Waals surface area contributed by atoms with Crippen molar-refractivity contribution in [3.05, 3.63) is 45.8 Å². The van der Waals surface area contributed by atoms with E-state index >= 15 is 0 Å². The Labute approximate surface area is 129 Å². The van der Waals surface area contributed by atoms with E-state index in [0.29, 0.717) is 35.7 Å². The average Bonchev–Trinajstić information content (AvgIpc) is 3.27.